The number of halogens is 1. The maximum Gasteiger partial charge on any atom is 0.407 e. The largest absolute Gasteiger partial charge is 0.444 e. The lowest BCUT2D eigenvalue weighted by molar-refractivity contribution is 0.0492. The third-order valence-corrected chi connectivity index (χ3v) is 10.9. The van der Waals surface area contributed by atoms with Crippen LogP contribution in [-0.2, 0) is 23.3 Å². The minimum atomic E-state index is -1.28. The normalized spacial score (nSPS) is 20.4. The topological polar surface area (TPSA) is 119 Å². The second-order valence-electron chi connectivity index (χ2n) is 14.7. The van der Waals surface area contributed by atoms with Crippen molar-refractivity contribution in [2.24, 2.45) is 7.05 Å². The van der Waals surface area contributed by atoms with E-state index in [9.17, 15) is 9.59 Å². The van der Waals surface area contributed by atoms with Gasteiger partial charge >= 0.3 is 6.09 Å². The number of amides is 1. The number of aromatic nitrogens is 5. The summed E-state index contributed by atoms with van der Waals surface area (Å²) in [6, 6.07) is 5.18. The first-order valence-corrected chi connectivity index (χ1v) is 19.9. The molecule has 2 aliphatic rings. The Morgan fingerprint density at radius 3 is 2.53 bits per heavy atom. The molecule has 0 radical (unpaired) electrons. The number of nitrogens with one attached hydrogen (secondary N) is 2. The Balaban J connectivity index is 1.37. The smallest absolute Gasteiger partial charge is 0.407 e. The molecule has 13 heteroatoms. The fourth-order valence-corrected chi connectivity index (χ4v) is 7.74. The molecular weight excluding hydrogens is 610 g/mol. The molecule has 2 fully saturated rings. The SMILES string of the molecule is Cn1c(N2[C@@H]3CC[C@H]2C[C@@H](NC(=O)OC(C)(C)C)C3)nc2c(c(-c3ccc4[nH]ncc4c3Cl)cn2COCC[Si](C)(C)C)c1=O. The summed E-state index contributed by atoms with van der Waals surface area (Å²) in [5.41, 5.74) is 2.18. The van der Waals surface area contributed by atoms with Gasteiger partial charge < -0.3 is 24.3 Å². The molecule has 6 rings (SSSR count). The van der Waals surface area contributed by atoms with Crippen molar-refractivity contribution in [1.82, 2.24) is 29.6 Å². The van der Waals surface area contributed by atoms with E-state index in [0.29, 0.717) is 28.6 Å². The Bertz CT molecular complexity index is 1790. The van der Waals surface area contributed by atoms with Crippen molar-refractivity contribution in [3.63, 3.8) is 0 Å². The van der Waals surface area contributed by atoms with Gasteiger partial charge in [-0.25, -0.2) is 4.79 Å². The van der Waals surface area contributed by atoms with Crippen LogP contribution in [0, 0.1) is 0 Å². The molecule has 1 aromatic carbocycles. The third kappa shape index (κ3) is 6.37. The second-order valence-corrected chi connectivity index (χ2v) is 20.7. The standard InChI is InChI=1S/C32H44ClN7O4Si/c1-32(2,3)44-31(42)35-19-14-20-8-9-21(15-19)40(20)30-36-28-26(29(41)38(30)4)24(17-39(28)18-43-12-13-45(5,6)7)22-10-11-25-23(27(22)33)16-34-37-25/h10-11,16-17,19-21H,8-9,12-15,18H2,1-7H3,(H,34,37)(H,35,42)/t19-,20+,21-. The number of aromatic amines is 1. The predicted octanol–water partition coefficient (Wildman–Crippen LogP) is 6.27. The van der Waals surface area contributed by atoms with Crippen LogP contribution in [0.25, 0.3) is 33.1 Å². The summed E-state index contributed by atoms with van der Waals surface area (Å²) in [5, 5.41) is 12.0. The monoisotopic (exact) mass is 653 g/mol. The maximum absolute atomic E-state index is 14.3. The van der Waals surface area contributed by atoms with Crippen molar-refractivity contribution in [2.45, 2.75) is 103 Å². The number of rotatable bonds is 8. The van der Waals surface area contributed by atoms with Gasteiger partial charge in [0.25, 0.3) is 5.56 Å². The Morgan fingerprint density at radius 1 is 1.16 bits per heavy atom. The highest BCUT2D eigenvalue weighted by atomic mass is 35.5. The van der Waals surface area contributed by atoms with E-state index in [4.69, 9.17) is 26.1 Å². The number of piperidine rings is 1. The summed E-state index contributed by atoms with van der Waals surface area (Å²) in [6.45, 7) is 13.5. The molecule has 1 amide bonds. The van der Waals surface area contributed by atoms with Crippen LogP contribution in [0.15, 0.2) is 29.3 Å². The van der Waals surface area contributed by atoms with Crippen LogP contribution >= 0.6 is 11.6 Å². The average Bonchev–Trinajstić information content (AvgIpc) is 3.62. The molecule has 2 N–H and O–H groups in total. The number of benzene rings is 1. The number of fused-ring (bicyclic) bond motifs is 4. The minimum Gasteiger partial charge on any atom is -0.444 e. The quantitative estimate of drug-likeness (QED) is 0.170. The summed E-state index contributed by atoms with van der Waals surface area (Å²) in [6.07, 6.45) is 6.71. The van der Waals surface area contributed by atoms with Crippen LogP contribution in [-0.4, -0.2) is 68.8 Å². The van der Waals surface area contributed by atoms with Gasteiger partial charge in [-0.1, -0.05) is 37.3 Å². The molecule has 11 nitrogen and oxygen atoms in total. The lowest BCUT2D eigenvalue weighted by atomic mass is 9.98. The number of hydrogen-bond acceptors (Lipinski definition) is 7. The van der Waals surface area contributed by atoms with Gasteiger partial charge in [-0.15, -0.1) is 0 Å². The molecule has 2 aliphatic heterocycles. The molecule has 3 aromatic heterocycles. The molecule has 242 valence electrons. The molecule has 5 heterocycles. The van der Waals surface area contributed by atoms with Crippen LogP contribution in [0.5, 0.6) is 0 Å². The molecule has 0 saturated carbocycles. The van der Waals surface area contributed by atoms with Crippen molar-refractivity contribution in [2.75, 3.05) is 11.5 Å². The number of hydrogen-bond donors (Lipinski definition) is 2. The second kappa shape index (κ2) is 11.8. The molecule has 2 bridgehead atoms. The van der Waals surface area contributed by atoms with E-state index >= 15 is 0 Å². The third-order valence-electron chi connectivity index (χ3n) is 8.83. The summed E-state index contributed by atoms with van der Waals surface area (Å²) < 4.78 is 15.3. The minimum absolute atomic E-state index is 0.00423. The first-order chi connectivity index (χ1) is 21.2. The fourth-order valence-electron chi connectivity index (χ4n) is 6.67. The molecular formula is C32H44ClN7O4Si. The summed E-state index contributed by atoms with van der Waals surface area (Å²) in [7, 11) is 0.515. The van der Waals surface area contributed by atoms with E-state index in [1.54, 1.807) is 17.8 Å². The summed E-state index contributed by atoms with van der Waals surface area (Å²) >= 11 is 6.91. The van der Waals surface area contributed by atoms with Gasteiger partial charge in [0.15, 0.2) is 5.65 Å². The van der Waals surface area contributed by atoms with E-state index in [1.165, 1.54) is 0 Å². The van der Waals surface area contributed by atoms with Gasteiger partial charge in [-0.3, -0.25) is 14.5 Å². The number of carbonyl (C=O) groups is 1. The van der Waals surface area contributed by atoms with Gasteiger partial charge in [-0.2, -0.15) is 10.1 Å². The number of alkyl carbamates (subject to hydrolysis) is 1. The zero-order chi connectivity index (χ0) is 32.3. The van der Waals surface area contributed by atoms with Crippen molar-refractivity contribution in [3.8, 4) is 11.1 Å². The Morgan fingerprint density at radius 2 is 1.87 bits per heavy atom. The highest BCUT2D eigenvalue weighted by Crippen LogP contribution is 2.41. The molecule has 3 atom stereocenters. The van der Waals surface area contributed by atoms with Gasteiger partial charge in [0.1, 0.15) is 12.3 Å². The lowest BCUT2D eigenvalue weighted by Crippen LogP contribution is -2.52. The van der Waals surface area contributed by atoms with Crippen molar-refractivity contribution in [1.29, 1.82) is 0 Å². The van der Waals surface area contributed by atoms with Crippen LogP contribution in [0.3, 0.4) is 0 Å². The van der Waals surface area contributed by atoms with Crippen LogP contribution < -0.4 is 15.8 Å². The van der Waals surface area contributed by atoms with Crippen LogP contribution in [0.2, 0.25) is 30.7 Å². The first kappa shape index (κ1) is 31.6. The van der Waals surface area contributed by atoms with Gasteiger partial charge in [0.05, 0.1) is 22.1 Å². The molecule has 45 heavy (non-hydrogen) atoms. The van der Waals surface area contributed by atoms with Crippen molar-refractivity contribution < 1.29 is 14.3 Å². The molecule has 0 spiro atoms. The molecule has 4 aromatic rings. The zero-order valence-electron chi connectivity index (χ0n) is 27.2. The molecule has 0 aliphatic carbocycles. The summed E-state index contributed by atoms with van der Waals surface area (Å²) in [4.78, 5) is 34.3. The molecule has 2 saturated heterocycles. The first-order valence-electron chi connectivity index (χ1n) is 15.8. The Kier molecular flexibility index (Phi) is 8.28. The fraction of sp³-hybridized carbons (Fsp3) is 0.562. The van der Waals surface area contributed by atoms with E-state index in [1.807, 2.05) is 43.7 Å². The number of anilines is 1. The van der Waals surface area contributed by atoms with Crippen molar-refractivity contribution in [3.05, 3.63) is 39.9 Å². The van der Waals surface area contributed by atoms with E-state index < -0.39 is 13.7 Å². The maximum atomic E-state index is 14.3. The highest BCUT2D eigenvalue weighted by Gasteiger charge is 2.43. The number of ether oxygens (including phenoxy) is 2. The van der Waals surface area contributed by atoms with E-state index in [2.05, 4.69) is 40.1 Å². The average molecular weight is 654 g/mol. The van der Waals surface area contributed by atoms with Crippen LogP contribution in [0.1, 0.15) is 46.5 Å². The Labute approximate surface area is 269 Å². The molecule has 0 unspecified atom stereocenters. The predicted molar refractivity (Wildman–Crippen MR) is 181 cm³/mol. The lowest BCUT2D eigenvalue weighted by Gasteiger charge is -2.40. The highest BCUT2D eigenvalue weighted by molar-refractivity contribution is 6.76. The van der Waals surface area contributed by atoms with Crippen LogP contribution in [0.4, 0.5) is 10.7 Å². The zero-order valence-corrected chi connectivity index (χ0v) is 29.0. The van der Waals surface area contributed by atoms with Gasteiger partial charge in [0, 0.05) is 62.6 Å². The van der Waals surface area contributed by atoms with Gasteiger partial charge in [-0.05, 0) is 58.6 Å². The van der Waals surface area contributed by atoms with E-state index in [-0.39, 0.29) is 36.5 Å². The Hall–Kier alpha value is -3.35. The summed E-state index contributed by atoms with van der Waals surface area (Å²) in [5.74, 6) is 0.639. The number of H-pyrrole nitrogens is 1. The van der Waals surface area contributed by atoms with Gasteiger partial charge in [0.2, 0.25) is 5.95 Å². The van der Waals surface area contributed by atoms with Crippen molar-refractivity contribution >= 4 is 53.7 Å². The van der Waals surface area contributed by atoms with E-state index in [0.717, 1.165) is 53.8 Å². The number of nitrogens with zero attached hydrogens (tertiary/aromatic N) is 5. The number of carbonyl (C=O) groups excluding carboxylic acids is 1.